The Kier molecular flexibility index (Phi) is 17.2. The zero-order chi connectivity index (χ0) is 31.4. The van der Waals surface area contributed by atoms with Crippen molar-refractivity contribution in [3.63, 3.8) is 0 Å². The van der Waals surface area contributed by atoms with Crippen molar-refractivity contribution in [1.29, 1.82) is 0 Å². The maximum absolute atomic E-state index is 6.60. The van der Waals surface area contributed by atoms with Crippen molar-refractivity contribution in [2.75, 3.05) is 31.1 Å². The summed E-state index contributed by atoms with van der Waals surface area (Å²) < 4.78 is 0. The SMILES string of the molecule is C.Cl.Cl.Clc1cnc(Cl)cn1.I.N[C@@H]1c2ccccc2CC12CCN(c1cnc(Cl)cn1)CC2.N[C@@H]1c2ccccc2CC12CCNCC2. The lowest BCUT2D eigenvalue weighted by Gasteiger charge is -2.42. The highest BCUT2D eigenvalue weighted by Gasteiger charge is 2.46. The number of aromatic nitrogens is 4. The number of halogens is 6. The summed E-state index contributed by atoms with van der Waals surface area (Å²) in [6.45, 7) is 4.19. The Balaban J connectivity index is 0.000000270. The van der Waals surface area contributed by atoms with Crippen molar-refractivity contribution in [3.8, 4) is 0 Å². The van der Waals surface area contributed by atoms with Crippen molar-refractivity contribution < 1.29 is 0 Å². The highest BCUT2D eigenvalue weighted by atomic mass is 127. The molecule has 2 aromatic carbocycles. The molecule has 8 rings (SSSR count). The fourth-order valence-corrected chi connectivity index (χ4v) is 7.77. The van der Waals surface area contributed by atoms with Gasteiger partial charge in [0, 0.05) is 25.2 Å². The number of anilines is 1. The second kappa shape index (κ2) is 19.3. The smallest absolute Gasteiger partial charge is 0.147 e. The highest BCUT2D eigenvalue weighted by molar-refractivity contribution is 14.0. The van der Waals surface area contributed by atoms with E-state index in [0.717, 1.165) is 51.3 Å². The van der Waals surface area contributed by atoms with Gasteiger partial charge in [-0.15, -0.1) is 48.8 Å². The molecule has 2 saturated heterocycles. The molecule has 2 spiro atoms. The van der Waals surface area contributed by atoms with E-state index >= 15 is 0 Å². The first kappa shape index (κ1) is 43.6. The van der Waals surface area contributed by atoms with E-state index in [1.807, 2.05) is 0 Å². The van der Waals surface area contributed by atoms with Crippen LogP contribution >= 0.6 is 83.6 Å². The average Bonchev–Trinajstić information content (AvgIpc) is 3.50. The molecule has 0 amide bonds. The number of hydrogen-bond acceptors (Lipinski definition) is 8. The number of benzene rings is 2. The molecule has 0 bridgehead atoms. The Morgan fingerprint density at radius 2 is 1.04 bits per heavy atom. The van der Waals surface area contributed by atoms with Crippen molar-refractivity contribution >= 4 is 89.4 Å². The van der Waals surface area contributed by atoms with E-state index in [-0.39, 0.29) is 73.7 Å². The fraction of sp³-hybridized carbons (Fsp3) is 0.429. The Morgan fingerprint density at radius 1 is 0.633 bits per heavy atom. The van der Waals surface area contributed by atoms with Crippen LogP contribution in [0, 0.1) is 10.8 Å². The molecule has 2 aromatic heterocycles. The largest absolute Gasteiger partial charge is 0.355 e. The number of nitrogens with one attached hydrogen (secondary N) is 1. The van der Waals surface area contributed by atoms with E-state index in [0.29, 0.717) is 20.9 Å². The number of nitrogens with zero attached hydrogens (tertiary/aromatic N) is 5. The number of rotatable bonds is 1. The van der Waals surface area contributed by atoms with Crippen LogP contribution in [0.15, 0.2) is 73.3 Å². The minimum absolute atomic E-state index is 0. The van der Waals surface area contributed by atoms with Gasteiger partial charge >= 0.3 is 0 Å². The lowest BCUT2D eigenvalue weighted by atomic mass is 9.73. The summed E-state index contributed by atoms with van der Waals surface area (Å²) in [5.41, 5.74) is 19.2. The van der Waals surface area contributed by atoms with Gasteiger partial charge in [-0.1, -0.05) is 90.8 Å². The van der Waals surface area contributed by atoms with Crippen molar-refractivity contribution in [2.24, 2.45) is 22.3 Å². The van der Waals surface area contributed by atoms with Gasteiger partial charge in [-0.05, 0) is 84.7 Å². The summed E-state index contributed by atoms with van der Waals surface area (Å²) in [4.78, 5) is 18.1. The Morgan fingerprint density at radius 3 is 1.45 bits per heavy atom. The fourth-order valence-electron chi connectivity index (χ4n) is 7.48. The summed E-state index contributed by atoms with van der Waals surface area (Å²) in [5, 5.41) is 4.58. The molecule has 4 heterocycles. The Bertz CT molecular complexity index is 1560. The number of hydrogen-bond donors (Lipinski definition) is 3. The molecule has 0 unspecified atom stereocenters. The molecule has 49 heavy (non-hydrogen) atoms. The number of piperidine rings is 2. The van der Waals surface area contributed by atoms with Gasteiger partial charge in [0.2, 0.25) is 0 Å². The molecule has 2 atom stereocenters. The molecule has 2 aliphatic heterocycles. The second-order valence-electron chi connectivity index (χ2n) is 12.5. The standard InChI is InChI=1S/C17H19ClN4.C13H18N2.C4H2Cl2N2.CH4.2ClH.HI/c18-14-10-21-15(11-20-14)22-7-5-17(6-8-22)9-12-3-1-2-4-13(12)16(17)19;14-12-11-4-2-1-3-10(11)9-13(12)5-7-15-8-6-13;5-3-1-7-4(6)2-8-3;;;;/h1-4,10-11,16H,5-9,19H2;1-4,12,15H,5-9,14H2;1-2H;1H4;3*1H/t16-;12-;;;;;/m11...../s1. The van der Waals surface area contributed by atoms with Gasteiger partial charge in [0.1, 0.15) is 21.3 Å². The van der Waals surface area contributed by atoms with Crippen LogP contribution in [-0.4, -0.2) is 46.1 Å². The third-order valence-electron chi connectivity index (χ3n) is 10.1. The minimum Gasteiger partial charge on any atom is -0.355 e. The predicted molar refractivity (Wildman–Crippen MR) is 218 cm³/mol. The van der Waals surface area contributed by atoms with Crippen molar-refractivity contribution in [2.45, 2.75) is 58.0 Å². The van der Waals surface area contributed by atoms with Crippen LogP contribution in [0.5, 0.6) is 0 Å². The zero-order valence-electron chi connectivity index (χ0n) is 26.4. The van der Waals surface area contributed by atoms with Gasteiger partial charge in [-0.3, -0.25) is 0 Å². The summed E-state index contributed by atoms with van der Waals surface area (Å²) >= 11 is 16.6. The Labute approximate surface area is 334 Å². The van der Waals surface area contributed by atoms with Gasteiger partial charge in [0.05, 0.1) is 24.8 Å². The highest BCUT2D eigenvalue weighted by Crippen LogP contribution is 2.51. The zero-order valence-corrected chi connectivity index (χ0v) is 32.6. The van der Waals surface area contributed by atoms with E-state index in [1.165, 1.54) is 53.9 Å². The lowest BCUT2D eigenvalue weighted by Crippen LogP contribution is -2.44. The lowest BCUT2D eigenvalue weighted by molar-refractivity contribution is 0.174. The number of nitrogens with two attached hydrogens (primary N) is 2. The quantitative estimate of drug-likeness (QED) is 0.163. The maximum atomic E-state index is 6.60. The van der Waals surface area contributed by atoms with Gasteiger partial charge in [-0.25, -0.2) is 19.9 Å². The molecule has 8 nitrogen and oxygen atoms in total. The predicted octanol–water partition coefficient (Wildman–Crippen LogP) is 8.47. The summed E-state index contributed by atoms with van der Waals surface area (Å²) in [6, 6.07) is 17.7. The molecule has 2 fully saturated rings. The second-order valence-corrected chi connectivity index (χ2v) is 13.7. The van der Waals surface area contributed by atoms with E-state index in [4.69, 9.17) is 46.3 Å². The summed E-state index contributed by atoms with van der Waals surface area (Å²) in [7, 11) is 0. The van der Waals surface area contributed by atoms with Gasteiger partial charge in [0.25, 0.3) is 0 Å². The molecule has 4 aromatic rings. The molecule has 2 aliphatic carbocycles. The Hall–Kier alpha value is -1.54. The first-order valence-electron chi connectivity index (χ1n) is 15.5. The van der Waals surface area contributed by atoms with E-state index in [1.54, 1.807) is 12.4 Å². The van der Waals surface area contributed by atoms with Crippen LogP contribution < -0.4 is 21.7 Å². The third kappa shape index (κ3) is 9.87. The molecular formula is C35H46Cl5IN8. The van der Waals surface area contributed by atoms with Crippen molar-refractivity contribution in [3.05, 3.63) is 111 Å². The van der Waals surface area contributed by atoms with E-state index in [2.05, 4.69) is 78.7 Å². The van der Waals surface area contributed by atoms with Crippen LogP contribution in [0.4, 0.5) is 5.82 Å². The maximum Gasteiger partial charge on any atom is 0.147 e. The van der Waals surface area contributed by atoms with Gasteiger partial charge in [-0.2, -0.15) is 0 Å². The molecular weight excluding hydrogens is 837 g/mol. The average molecular weight is 883 g/mol. The van der Waals surface area contributed by atoms with Crippen LogP contribution in [0.25, 0.3) is 0 Å². The van der Waals surface area contributed by atoms with E-state index < -0.39 is 0 Å². The third-order valence-corrected chi connectivity index (χ3v) is 10.6. The molecule has 0 saturated carbocycles. The van der Waals surface area contributed by atoms with Crippen LogP contribution in [0.2, 0.25) is 15.5 Å². The van der Waals surface area contributed by atoms with Crippen LogP contribution in [0.3, 0.4) is 0 Å². The summed E-state index contributed by atoms with van der Waals surface area (Å²) in [5.74, 6) is 0.906. The first-order valence-corrected chi connectivity index (χ1v) is 16.7. The monoisotopic (exact) mass is 880 g/mol. The summed E-state index contributed by atoms with van der Waals surface area (Å²) in [6.07, 6.45) is 13.1. The van der Waals surface area contributed by atoms with Gasteiger partial charge < -0.3 is 21.7 Å². The van der Waals surface area contributed by atoms with Crippen LogP contribution in [-0.2, 0) is 12.8 Å². The topological polar surface area (TPSA) is 119 Å². The van der Waals surface area contributed by atoms with E-state index in [9.17, 15) is 0 Å². The molecule has 268 valence electrons. The van der Waals surface area contributed by atoms with Gasteiger partial charge in [0.15, 0.2) is 0 Å². The molecule has 4 aliphatic rings. The first-order chi connectivity index (χ1) is 21.8. The number of fused-ring (bicyclic) bond motifs is 2. The molecule has 0 radical (unpaired) electrons. The van der Waals surface area contributed by atoms with Crippen molar-refractivity contribution in [1.82, 2.24) is 25.3 Å². The normalized spacial score (nSPS) is 20.3. The molecule has 5 N–H and O–H groups in total. The molecule has 14 heteroatoms. The minimum atomic E-state index is 0. The van der Waals surface area contributed by atoms with Crippen LogP contribution in [0.1, 0.15) is 67.4 Å².